The van der Waals surface area contributed by atoms with E-state index in [-0.39, 0.29) is 17.9 Å². The minimum Gasteiger partial charge on any atom is -0.464 e. The number of esters is 1. The molecule has 0 spiro atoms. The summed E-state index contributed by atoms with van der Waals surface area (Å²) in [5.41, 5.74) is 5.03. The predicted octanol–water partition coefficient (Wildman–Crippen LogP) is 1.10. The second-order valence-corrected chi connectivity index (χ2v) is 3.80. The number of nitrogens with one attached hydrogen (secondary N) is 1. The maximum absolute atomic E-state index is 13.5. The number of carbonyl (C=O) groups excluding carboxylic acids is 2. The van der Waals surface area contributed by atoms with E-state index in [1.54, 1.807) is 6.92 Å². The quantitative estimate of drug-likeness (QED) is 0.635. The molecule has 0 radical (unpaired) electrons. The molecule has 0 heterocycles. The van der Waals surface area contributed by atoms with E-state index >= 15 is 0 Å². The van der Waals surface area contributed by atoms with Gasteiger partial charge in [0.2, 0.25) is 0 Å². The maximum atomic E-state index is 13.5. The highest BCUT2D eigenvalue weighted by Crippen LogP contribution is 2.18. The van der Waals surface area contributed by atoms with Crippen LogP contribution in [0, 0.1) is 18.6 Å². The third-order valence-corrected chi connectivity index (χ3v) is 2.33. The van der Waals surface area contributed by atoms with Gasteiger partial charge < -0.3 is 15.8 Å². The second-order valence-electron chi connectivity index (χ2n) is 3.80. The zero-order valence-corrected chi connectivity index (χ0v) is 10.5. The summed E-state index contributed by atoms with van der Waals surface area (Å²) in [5, 5.41) is 2.04. The molecule has 1 rings (SSSR count). The highest BCUT2D eigenvalue weighted by Gasteiger charge is 2.24. The molecule has 1 atom stereocenters. The number of hydrogen-bond acceptors (Lipinski definition) is 4. The monoisotopic (exact) mass is 272 g/mol. The molecule has 0 aromatic heterocycles. The molecule has 0 bridgehead atoms. The van der Waals surface area contributed by atoms with Crippen LogP contribution in [0.2, 0.25) is 0 Å². The Morgan fingerprint density at radius 1 is 1.37 bits per heavy atom. The van der Waals surface area contributed by atoms with Gasteiger partial charge in [0.25, 0.3) is 5.91 Å². The molecule has 1 amide bonds. The second kappa shape index (κ2) is 6.24. The average Bonchev–Trinajstić information content (AvgIpc) is 2.35. The van der Waals surface area contributed by atoms with Gasteiger partial charge in [-0.3, -0.25) is 4.79 Å². The Labute approximate surface area is 108 Å². The van der Waals surface area contributed by atoms with E-state index in [0.717, 1.165) is 12.1 Å². The summed E-state index contributed by atoms with van der Waals surface area (Å²) in [6.45, 7) is 3.00. The lowest BCUT2D eigenvalue weighted by atomic mass is 10.2. The van der Waals surface area contributed by atoms with Crippen molar-refractivity contribution in [3.05, 3.63) is 29.3 Å². The minimum absolute atomic E-state index is 0.0628. The van der Waals surface area contributed by atoms with Crippen molar-refractivity contribution in [3.8, 4) is 0 Å². The molecule has 7 heteroatoms. The molecule has 19 heavy (non-hydrogen) atoms. The largest absolute Gasteiger partial charge is 0.464 e. The van der Waals surface area contributed by atoms with Crippen molar-refractivity contribution in [2.75, 3.05) is 11.9 Å². The van der Waals surface area contributed by atoms with Gasteiger partial charge in [-0.05, 0) is 25.5 Å². The number of aryl methyl sites for hydroxylation is 1. The first-order valence-corrected chi connectivity index (χ1v) is 5.55. The fraction of sp³-hybridized carbons (Fsp3) is 0.333. The number of benzene rings is 1. The molecule has 0 aliphatic heterocycles. The van der Waals surface area contributed by atoms with Gasteiger partial charge in [0.15, 0.2) is 6.04 Å². The van der Waals surface area contributed by atoms with Crippen molar-refractivity contribution in [1.82, 2.24) is 0 Å². The molecule has 104 valence electrons. The summed E-state index contributed by atoms with van der Waals surface area (Å²) in [6.07, 6.45) is 0. The van der Waals surface area contributed by atoms with Crippen LogP contribution in [0.3, 0.4) is 0 Å². The predicted molar refractivity (Wildman–Crippen MR) is 64.3 cm³/mol. The van der Waals surface area contributed by atoms with Gasteiger partial charge >= 0.3 is 5.97 Å². The van der Waals surface area contributed by atoms with Crippen LogP contribution in [0.1, 0.15) is 12.5 Å². The van der Waals surface area contributed by atoms with Crippen molar-refractivity contribution in [2.24, 2.45) is 5.73 Å². The van der Waals surface area contributed by atoms with E-state index < -0.39 is 29.6 Å². The zero-order valence-electron chi connectivity index (χ0n) is 10.5. The average molecular weight is 272 g/mol. The molecule has 1 unspecified atom stereocenters. The Hall–Kier alpha value is -2.02. The lowest BCUT2D eigenvalue weighted by molar-refractivity contribution is -0.146. The van der Waals surface area contributed by atoms with Gasteiger partial charge in [0, 0.05) is 6.07 Å². The van der Waals surface area contributed by atoms with Crippen LogP contribution in [0.15, 0.2) is 12.1 Å². The molecule has 0 fully saturated rings. The maximum Gasteiger partial charge on any atom is 0.332 e. The highest BCUT2D eigenvalue weighted by atomic mass is 19.1. The molecule has 0 saturated carbocycles. The van der Waals surface area contributed by atoms with Crippen LogP contribution in [-0.4, -0.2) is 24.5 Å². The smallest absolute Gasteiger partial charge is 0.332 e. The summed E-state index contributed by atoms with van der Waals surface area (Å²) < 4.78 is 31.3. The van der Waals surface area contributed by atoms with E-state index in [1.807, 2.05) is 5.32 Å². The standard InChI is InChI=1S/C12H14F2N2O3/c1-3-19-12(18)10(15)11(17)16-9-5-7(13)6(2)4-8(9)14/h4-5,10H,3,15H2,1-2H3,(H,16,17). The van der Waals surface area contributed by atoms with Crippen molar-refractivity contribution in [1.29, 1.82) is 0 Å². The highest BCUT2D eigenvalue weighted by molar-refractivity contribution is 6.08. The Kier molecular flexibility index (Phi) is 4.94. The van der Waals surface area contributed by atoms with E-state index in [0.29, 0.717) is 0 Å². The minimum atomic E-state index is -1.59. The van der Waals surface area contributed by atoms with Crippen molar-refractivity contribution >= 4 is 17.6 Å². The summed E-state index contributed by atoms with van der Waals surface area (Å²) in [6, 6.07) is 0.157. The number of nitrogens with two attached hydrogens (primary N) is 1. The zero-order chi connectivity index (χ0) is 14.6. The molecular formula is C12H14F2N2O3. The fourth-order valence-electron chi connectivity index (χ4n) is 1.29. The number of carbonyl (C=O) groups is 2. The number of hydrogen-bond donors (Lipinski definition) is 2. The molecule has 5 nitrogen and oxygen atoms in total. The Bertz CT molecular complexity index is 506. The lowest BCUT2D eigenvalue weighted by Crippen LogP contribution is -2.43. The SMILES string of the molecule is CCOC(=O)C(N)C(=O)Nc1cc(F)c(C)cc1F. The van der Waals surface area contributed by atoms with Crippen molar-refractivity contribution in [2.45, 2.75) is 19.9 Å². The molecule has 0 aliphatic rings. The van der Waals surface area contributed by atoms with Crippen molar-refractivity contribution in [3.63, 3.8) is 0 Å². The fourth-order valence-corrected chi connectivity index (χ4v) is 1.29. The van der Waals surface area contributed by atoms with Gasteiger partial charge in [-0.2, -0.15) is 0 Å². The van der Waals surface area contributed by atoms with Crippen molar-refractivity contribution < 1.29 is 23.1 Å². The van der Waals surface area contributed by atoms with Gasteiger partial charge in [-0.1, -0.05) is 0 Å². The molecule has 0 saturated heterocycles. The molecular weight excluding hydrogens is 258 g/mol. The Balaban J connectivity index is 2.82. The number of amides is 1. The van der Waals surface area contributed by atoms with Crippen LogP contribution in [0.4, 0.5) is 14.5 Å². The van der Waals surface area contributed by atoms with Crippen LogP contribution in [0.25, 0.3) is 0 Å². The molecule has 0 aliphatic carbocycles. The molecule has 3 N–H and O–H groups in total. The first kappa shape index (κ1) is 15.0. The van der Waals surface area contributed by atoms with E-state index in [2.05, 4.69) is 4.74 Å². The summed E-state index contributed by atoms with van der Waals surface area (Å²) in [4.78, 5) is 22.8. The topological polar surface area (TPSA) is 81.4 Å². The third kappa shape index (κ3) is 3.72. The van der Waals surface area contributed by atoms with E-state index in [4.69, 9.17) is 5.73 Å². The Morgan fingerprint density at radius 3 is 2.58 bits per heavy atom. The van der Waals surface area contributed by atoms with Gasteiger partial charge in [-0.25, -0.2) is 13.6 Å². The summed E-state index contributed by atoms with van der Waals surface area (Å²) in [5.74, 6) is -3.40. The summed E-state index contributed by atoms with van der Waals surface area (Å²) in [7, 11) is 0. The first-order chi connectivity index (χ1) is 8.86. The van der Waals surface area contributed by atoms with E-state index in [9.17, 15) is 18.4 Å². The molecule has 1 aromatic carbocycles. The normalized spacial score (nSPS) is 11.8. The van der Waals surface area contributed by atoms with Crippen LogP contribution >= 0.6 is 0 Å². The molecule has 1 aromatic rings. The Morgan fingerprint density at radius 2 is 2.00 bits per heavy atom. The van der Waals surface area contributed by atoms with Crippen LogP contribution in [0.5, 0.6) is 0 Å². The van der Waals surface area contributed by atoms with Gasteiger partial charge in [-0.15, -0.1) is 0 Å². The van der Waals surface area contributed by atoms with Crippen LogP contribution in [-0.2, 0) is 14.3 Å². The third-order valence-electron chi connectivity index (χ3n) is 2.33. The number of rotatable bonds is 4. The van der Waals surface area contributed by atoms with Gasteiger partial charge in [0.1, 0.15) is 11.6 Å². The number of halogens is 2. The number of anilines is 1. The van der Waals surface area contributed by atoms with E-state index in [1.165, 1.54) is 6.92 Å². The summed E-state index contributed by atoms with van der Waals surface area (Å²) >= 11 is 0. The van der Waals surface area contributed by atoms with Crippen LogP contribution < -0.4 is 11.1 Å². The number of ether oxygens (including phenoxy) is 1. The van der Waals surface area contributed by atoms with Gasteiger partial charge in [0.05, 0.1) is 12.3 Å². The lowest BCUT2D eigenvalue weighted by Gasteiger charge is -2.12. The first-order valence-electron chi connectivity index (χ1n) is 5.55.